The Labute approximate surface area is 324 Å². The lowest BCUT2D eigenvalue weighted by atomic mass is 9.82. The molecule has 6 aromatic carbocycles. The summed E-state index contributed by atoms with van der Waals surface area (Å²) in [6, 6.07) is 55.1. The third-order valence-corrected chi connectivity index (χ3v) is 11.1. The van der Waals surface area contributed by atoms with E-state index in [1.54, 1.807) is 0 Å². The molecule has 0 aliphatic heterocycles. The molecule has 0 spiro atoms. The molecule has 0 bridgehead atoms. The van der Waals surface area contributed by atoms with E-state index in [9.17, 15) is 0 Å². The highest BCUT2D eigenvalue weighted by atomic mass is 14.9. The Balaban J connectivity index is 1.12. The first-order chi connectivity index (χ1) is 27.8. The van der Waals surface area contributed by atoms with Crippen LogP contribution in [0.2, 0.25) is 0 Å². The molecule has 0 radical (unpaired) electrons. The normalized spacial score (nSPS) is 14.8. The van der Waals surface area contributed by atoms with Crippen LogP contribution in [0, 0.1) is 0 Å². The summed E-state index contributed by atoms with van der Waals surface area (Å²) in [5.41, 5.74) is 16.3. The van der Waals surface area contributed by atoms with Gasteiger partial charge in [-0.15, -0.1) is 0 Å². The Kier molecular flexibility index (Phi) is 7.52. The molecule has 11 rings (SSSR count). The van der Waals surface area contributed by atoms with Crippen molar-refractivity contribution >= 4 is 0 Å². The van der Waals surface area contributed by atoms with Gasteiger partial charge in [-0.2, -0.15) is 0 Å². The Morgan fingerprint density at radius 2 is 0.750 bits per heavy atom. The zero-order valence-corrected chi connectivity index (χ0v) is 30.2. The summed E-state index contributed by atoms with van der Waals surface area (Å²) in [6.45, 7) is 0. The second-order valence-corrected chi connectivity index (χ2v) is 14.3. The molecule has 0 N–H and O–H groups in total. The van der Waals surface area contributed by atoms with E-state index in [0.29, 0.717) is 17.5 Å². The molecule has 2 atom stereocenters. The standard InChI is InChI=1S/C50H32N6/c1-4-14-31(15-5-1)44-38-22-12-10-20-36(38)40-24-25-41-37-21-11-13-23-39(37)47(46(41)45(40)44)50-55-42(34-27-51-48(52-28-34)32-16-6-2-7-17-32)26-43(56-50)35-29-53-49(54-30-35)33-18-8-3-9-19-33/h1-30,44,47H. The van der Waals surface area contributed by atoms with E-state index in [1.807, 2.05) is 91.5 Å². The fourth-order valence-corrected chi connectivity index (χ4v) is 8.57. The van der Waals surface area contributed by atoms with Gasteiger partial charge >= 0.3 is 0 Å². The first-order valence-electron chi connectivity index (χ1n) is 18.8. The van der Waals surface area contributed by atoms with Crippen molar-refractivity contribution in [3.05, 3.63) is 216 Å². The number of nitrogens with zero attached hydrogens (tertiary/aromatic N) is 6. The van der Waals surface area contributed by atoms with Gasteiger partial charge in [0.15, 0.2) is 11.6 Å². The van der Waals surface area contributed by atoms with Crippen LogP contribution >= 0.6 is 0 Å². The van der Waals surface area contributed by atoms with Gasteiger partial charge in [-0.05, 0) is 56.1 Å². The van der Waals surface area contributed by atoms with Crippen LogP contribution in [0.4, 0.5) is 0 Å². The van der Waals surface area contributed by atoms with Crippen molar-refractivity contribution in [1.82, 2.24) is 29.9 Å². The lowest BCUT2D eigenvalue weighted by molar-refractivity contribution is 0.856. The Hall–Kier alpha value is -7.44. The monoisotopic (exact) mass is 716 g/mol. The van der Waals surface area contributed by atoms with Gasteiger partial charge in [0.25, 0.3) is 0 Å². The number of hydrogen-bond acceptors (Lipinski definition) is 6. The van der Waals surface area contributed by atoms with E-state index in [1.165, 1.54) is 50.1 Å². The molecule has 9 aromatic rings. The van der Waals surface area contributed by atoms with Crippen LogP contribution in [0.5, 0.6) is 0 Å². The third-order valence-electron chi connectivity index (χ3n) is 11.1. The van der Waals surface area contributed by atoms with Crippen molar-refractivity contribution in [2.45, 2.75) is 11.8 Å². The summed E-state index contributed by atoms with van der Waals surface area (Å²) >= 11 is 0. The van der Waals surface area contributed by atoms with Gasteiger partial charge in [-0.1, -0.05) is 152 Å². The summed E-state index contributed by atoms with van der Waals surface area (Å²) in [7, 11) is 0. The lowest BCUT2D eigenvalue weighted by Crippen LogP contribution is -2.11. The van der Waals surface area contributed by atoms with Crippen LogP contribution in [0.1, 0.15) is 45.5 Å². The first-order valence-corrected chi connectivity index (χ1v) is 18.8. The number of benzene rings is 6. The molecule has 3 aromatic heterocycles. The molecule has 2 aliphatic carbocycles. The van der Waals surface area contributed by atoms with Gasteiger partial charge in [-0.3, -0.25) is 0 Å². The van der Waals surface area contributed by atoms with Gasteiger partial charge in [0.05, 0.1) is 17.3 Å². The highest BCUT2D eigenvalue weighted by Crippen LogP contribution is 2.57. The van der Waals surface area contributed by atoms with E-state index in [-0.39, 0.29) is 11.8 Å². The van der Waals surface area contributed by atoms with E-state index in [0.717, 1.165) is 33.6 Å². The minimum atomic E-state index is -0.232. The lowest BCUT2D eigenvalue weighted by Gasteiger charge is -2.22. The molecule has 0 amide bonds. The van der Waals surface area contributed by atoms with Crippen LogP contribution < -0.4 is 0 Å². The number of hydrogen-bond donors (Lipinski definition) is 0. The molecule has 262 valence electrons. The van der Waals surface area contributed by atoms with Gasteiger partial charge in [0.1, 0.15) is 5.82 Å². The minimum Gasteiger partial charge on any atom is -0.236 e. The second-order valence-electron chi connectivity index (χ2n) is 14.3. The predicted molar refractivity (Wildman–Crippen MR) is 221 cm³/mol. The van der Waals surface area contributed by atoms with E-state index < -0.39 is 0 Å². The average Bonchev–Trinajstić information content (AvgIpc) is 3.80. The fourth-order valence-electron chi connectivity index (χ4n) is 8.57. The molecular weight excluding hydrogens is 685 g/mol. The largest absolute Gasteiger partial charge is 0.236 e. The summed E-state index contributed by atoms with van der Waals surface area (Å²) in [5.74, 6) is 1.86. The van der Waals surface area contributed by atoms with Gasteiger partial charge in [-0.25, -0.2) is 29.9 Å². The summed E-state index contributed by atoms with van der Waals surface area (Å²) in [6.07, 6.45) is 7.43. The van der Waals surface area contributed by atoms with Crippen molar-refractivity contribution < 1.29 is 0 Å². The number of fused-ring (bicyclic) bond motifs is 7. The minimum absolute atomic E-state index is 0.0645. The van der Waals surface area contributed by atoms with Crippen LogP contribution in [0.3, 0.4) is 0 Å². The predicted octanol–water partition coefficient (Wildman–Crippen LogP) is 11.0. The topological polar surface area (TPSA) is 77.3 Å². The first kappa shape index (κ1) is 32.0. The summed E-state index contributed by atoms with van der Waals surface area (Å²) < 4.78 is 0. The molecule has 6 heteroatoms. The second kappa shape index (κ2) is 13.1. The van der Waals surface area contributed by atoms with Crippen molar-refractivity contribution in [1.29, 1.82) is 0 Å². The smallest absolute Gasteiger partial charge is 0.159 e. The van der Waals surface area contributed by atoms with Crippen LogP contribution in [0.25, 0.3) is 67.5 Å². The maximum absolute atomic E-state index is 5.42. The Bertz CT molecular complexity index is 2790. The number of aromatic nitrogens is 6. The van der Waals surface area contributed by atoms with E-state index in [4.69, 9.17) is 29.9 Å². The molecule has 3 heterocycles. The molecule has 2 unspecified atom stereocenters. The zero-order chi connectivity index (χ0) is 37.0. The van der Waals surface area contributed by atoms with E-state index >= 15 is 0 Å². The fraction of sp³-hybridized carbons (Fsp3) is 0.0400. The highest BCUT2D eigenvalue weighted by molar-refractivity contribution is 5.91. The van der Waals surface area contributed by atoms with Gasteiger partial charge in [0, 0.05) is 53.0 Å². The van der Waals surface area contributed by atoms with Crippen molar-refractivity contribution in [3.63, 3.8) is 0 Å². The van der Waals surface area contributed by atoms with E-state index in [2.05, 4.69) is 91.0 Å². The summed E-state index contributed by atoms with van der Waals surface area (Å²) in [5, 5.41) is 0. The van der Waals surface area contributed by atoms with Crippen LogP contribution in [0.15, 0.2) is 183 Å². The summed E-state index contributed by atoms with van der Waals surface area (Å²) in [4.78, 5) is 30.0. The van der Waals surface area contributed by atoms with Crippen molar-refractivity contribution in [2.24, 2.45) is 0 Å². The Morgan fingerprint density at radius 3 is 1.25 bits per heavy atom. The molecule has 56 heavy (non-hydrogen) atoms. The molecule has 0 saturated carbocycles. The maximum Gasteiger partial charge on any atom is 0.159 e. The molecular formula is C50H32N6. The van der Waals surface area contributed by atoms with Gasteiger partial charge in [0.2, 0.25) is 0 Å². The molecule has 2 aliphatic rings. The number of rotatable bonds is 6. The van der Waals surface area contributed by atoms with Crippen molar-refractivity contribution in [2.75, 3.05) is 0 Å². The maximum atomic E-state index is 5.42. The third kappa shape index (κ3) is 5.26. The highest BCUT2D eigenvalue weighted by Gasteiger charge is 2.41. The van der Waals surface area contributed by atoms with Crippen LogP contribution in [-0.2, 0) is 0 Å². The van der Waals surface area contributed by atoms with Gasteiger partial charge < -0.3 is 0 Å². The molecule has 6 nitrogen and oxygen atoms in total. The SMILES string of the molecule is c1ccc(-c2ncc(-c3cc(-c4cnc(-c5ccccc5)nc4)nc(C4c5ccccc5-c5ccc6c(c54)C(c4ccccc4)c4ccccc4-6)n3)cn2)cc1. The van der Waals surface area contributed by atoms with Crippen LogP contribution in [-0.4, -0.2) is 29.9 Å². The molecule has 0 fully saturated rings. The molecule has 0 saturated heterocycles. The van der Waals surface area contributed by atoms with Crippen molar-refractivity contribution in [3.8, 4) is 67.5 Å². The quantitative estimate of drug-likeness (QED) is 0.170. The Morgan fingerprint density at radius 1 is 0.339 bits per heavy atom. The zero-order valence-electron chi connectivity index (χ0n) is 30.2. The average molecular weight is 717 g/mol.